The van der Waals surface area contributed by atoms with Crippen molar-refractivity contribution < 1.29 is 38.4 Å². The van der Waals surface area contributed by atoms with Gasteiger partial charge in [-0.25, -0.2) is 4.90 Å². The first-order valence-electron chi connectivity index (χ1n) is 10.9. The Morgan fingerprint density at radius 1 is 0.571 bits per heavy atom. The molecule has 0 aromatic rings. The lowest BCUT2D eigenvalue weighted by atomic mass is 9.59. The fourth-order valence-corrected chi connectivity index (χ4v) is 4.02. The third-order valence-electron chi connectivity index (χ3n) is 6.05. The van der Waals surface area contributed by atoms with Crippen molar-refractivity contribution in [3.63, 3.8) is 0 Å². The number of nitrogens with zero attached hydrogens (tertiary/aromatic N) is 1. The van der Waals surface area contributed by atoms with Gasteiger partial charge >= 0.3 is 0 Å². The molecule has 2 amide bonds. The van der Waals surface area contributed by atoms with Crippen molar-refractivity contribution in [1.29, 1.82) is 0 Å². The van der Waals surface area contributed by atoms with Gasteiger partial charge in [0.15, 0.2) is 28.7 Å². The average molecular weight is 499 g/mol. The van der Waals surface area contributed by atoms with Crippen LogP contribution < -0.4 is 17.2 Å². The van der Waals surface area contributed by atoms with Crippen molar-refractivity contribution in [3.8, 4) is 0 Å². The molecule has 0 unspecified atom stereocenters. The molecule has 12 nitrogen and oxygen atoms in total. The SMILES string of the molecule is CC(=O)C(N)(C(C)=O)C(CCCCN)(C(C)=O)C(C)=O.CC(=O)N(C(C)=O)C(N)(C(C)=O)C(C)=O. The van der Waals surface area contributed by atoms with Crippen molar-refractivity contribution in [3.05, 3.63) is 0 Å². The van der Waals surface area contributed by atoms with Gasteiger partial charge in [-0.2, -0.15) is 0 Å². The highest BCUT2D eigenvalue weighted by molar-refractivity contribution is 6.22. The van der Waals surface area contributed by atoms with E-state index < -0.39 is 63.1 Å². The summed E-state index contributed by atoms with van der Waals surface area (Å²) in [4.78, 5) is 93.4. The predicted octanol–water partition coefficient (Wildman–Crippen LogP) is -0.630. The Morgan fingerprint density at radius 2 is 0.914 bits per heavy atom. The van der Waals surface area contributed by atoms with Crippen LogP contribution in [0.2, 0.25) is 0 Å². The van der Waals surface area contributed by atoms with Crippen molar-refractivity contribution in [2.75, 3.05) is 6.54 Å². The second-order valence-electron chi connectivity index (χ2n) is 8.44. The third-order valence-corrected chi connectivity index (χ3v) is 6.05. The molecule has 0 aliphatic rings. The van der Waals surface area contributed by atoms with Crippen molar-refractivity contribution in [1.82, 2.24) is 4.90 Å². The molecule has 35 heavy (non-hydrogen) atoms. The van der Waals surface area contributed by atoms with Crippen LogP contribution in [0.15, 0.2) is 0 Å². The Balaban J connectivity index is 0. The Labute approximate surface area is 205 Å². The van der Waals surface area contributed by atoms with E-state index in [2.05, 4.69) is 0 Å². The van der Waals surface area contributed by atoms with Crippen LogP contribution in [-0.4, -0.2) is 69.2 Å². The number of nitrogens with two attached hydrogens (primary N) is 3. The molecule has 0 saturated carbocycles. The van der Waals surface area contributed by atoms with Gasteiger partial charge in [0.2, 0.25) is 17.5 Å². The second kappa shape index (κ2) is 13.2. The topological polar surface area (TPSA) is 218 Å². The number of rotatable bonds is 12. The zero-order chi connectivity index (χ0) is 28.5. The first kappa shape index (κ1) is 34.2. The number of hydrogen-bond acceptors (Lipinski definition) is 11. The summed E-state index contributed by atoms with van der Waals surface area (Å²) in [6, 6.07) is 0. The van der Waals surface area contributed by atoms with Crippen LogP contribution in [0.5, 0.6) is 0 Å². The summed E-state index contributed by atoms with van der Waals surface area (Å²) >= 11 is 0. The molecule has 0 fully saturated rings. The summed E-state index contributed by atoms with van der Waals surface area (Å²) in [5, 5.41) is 0. The quantitative estimate of drug-likeness (QED) is 0.175. The van der Waals surface area contributed by atoms with Gasteiger partial charge in [0.1, 0.15) is 17.0 Å². The van der Waals surface area contributed by atoms with Gasteiger partial charge in [-0.15, -0.1) is 0 Å². The van der Waals surface area contributed by atoms with E-state index in [9.17, 15) is 38.4 Å². The van der Waals surface area contributed by atoms with E-state index in [1.165, 1.54) is 13.8 Å². The minimum Gasteiger partial charge on any atom is -0.330 e. The lowest BCUT2D eigenvalue weighted by Gasteiger charge is -2.42. The molecule has 0 aromatic heterocycles. The molecule has 0 atom stereocenters. The number of carbonyl (C=O) groups is 8. The highest BCUT2D eigenvalue weighted by atomic mass is 16.2. The number of hydrogen-bond donors (Lipinski definition) is 3. The standard InChI is InChI=1S/C14H24N2O4.C9H14N2O4/c1-9(17)13(10(2)18,7-5-6-8-15)14(16,11(3)19)12(4)20;1-5(12)9(10,6(2)13)11(7(3)14)8(4)15/h5-8,15-16H2,1-4H3;10H2,1-4H3. The van der Waals surface area contributed by atoms with Crippen LogP contribution in [0.3, 0.4) is 0 Å². The number of amides is 2. The van der Waals surface area contributed by atoms with Gasteiger partial charge < -0.3 is 11.5 Å². The number of imide groups is 1. The molecule has 0 saturated heterocycles. The lowest BCUT2D eigenvalue weighted by molar-refractivity contribution is -0.160. The molecule has 0 radical (unpaired) electrons. The van der Waals surface area contributed by atoms with Crippen molar-refractivity contribution in [2.24, 2.45) is 22.6 Å². The van der Waals surface area contributed by atoms with Crippen molar-refractivity contribution >= 4 is 46.5 Å². The van der Waals surface area contributed by atoms with Gasteiger partial charge in [0.25, 0.3) is 0 Å². The number of carbonyl (C=O) groups excluding carboxylic acids is 8. The number of unbranched alkanes of at least 4 members (excludes halogenated alkanes) is 1. The van der Waals surface area contributed by atoms with E-state index in [0.717, 1.165) is 41.5 Å². The summed E-state index contributed by atoms with van der Waals surface area (Å²) < 4.78 is 0. The Kier molecular flexibility index (Phi) is 12.9. The number of Topliss-reactive ketones (excluding diaryl/α,β-unsaturated/α-hetero) is 6. The van der Waals surface area contributed by atoms with Crippen LogP contribution in [0.1, 0.15) is 74.7 Å². The van der Waals surface area contributed by atoms with Crippen LogP contribution in [0.25, 0.3) is 0 Å². The Morgan fingerprint density at radius 3 is 1.09 bits per heavy atom. The highest BCUT2D eigenvalue weighted by Crippen LogP contribution is 2.39. The van der Waals surface area contributed by atoms with Gasteiger partial charge in [0, 0.05) is 13.8 Å². The Hall–Kier alpha value is -2.96. The third kappa shape index (κ3) is 6.80. The molecule has 198 valence electrons. The molecule has 0 aliphatic heterocycles. The van der Waals surface area contributed by atoms with Crippen LogP contribution >= 0.6 is 0 Å². The molecule has 6 N–H and O–H groups in total. The Bertz CT molecular complexity index is 853. The van der Waals surface area contributed by atoms with E-state index in [4.69, 9.17) is 17.2 Å². The van der Waals surface area contributed by atoms with Gasteiger partial charge in [-0.1, -0.05) is 6.42 Å². The number of ketones is 6. The largest absolute Gasteiger partial charge is 0.330 e. The minimum atomic E-state index is -2.18. The molecule has 0 bridgehead atoms. The van der Waals surface area contributed by atoms with E-state index in [0.29, 0.717) is 24.3 Å². The van der Waals surface area contributed by atoms with E-state index >= 15 is 0 Å². The smallest absolute Gasteiger partial charge is 0.228 e. The van der Waals surface area contributed by atoms with Gasteiger partial charge in [0.05, 0.1) is 0 Å². The summed E-state index contributed by atoms with van der Waals surface area (Å²) in [5.74, 6) is -5.46. The van der Waals surface area contributed by atoms with Crippen LogP contribution in [0, 0.1) is 5.41 Å². The molecular weight excluding hydrogens is 460 g/mol. The highest BCUT2D eigenvalue weighted by Gasteiger charge is 2.61. The van der Waals surface area contributed by atoms with Crippen LogP contribution in [0.4, 0.5) is 0 Å². The summed E-state index contributed by atoms with van der Waals surface area (Å²) in [6.45, 7) is 9.28. The lowest BCUT2D eigenvalue weighted by Crippen LogP contribution is -2.69. The molecule has 0 aliphatic carbocycles. The molecular formula is C23H38N4O8. The molecule has 0 spiro atoms. The van der Waals surface area contributed by atoms with Crippen molar-refractivity contribution in [2.45, 2.75) is 85.9 Å². The maximum absolute atomic E-state index is 12.1. The van der Waals surface area contributed by atoms with E-state index in [1.54, 1.807) is 0 Å². The fraction of sp³-hybridized carbons (Fsp3) is 0.652. The monoisotopic (exact) mass is 498 g/mol. The maximum atomic E-state index is 12.1. The summed E-state index contributed by atoms with van der Waals surface area (Å²) in [6.07, 6.45) is 1.06. The fourth-order valence-electron chi connectivity index (χ4n) is 4.02. The molecule has 12 heteroatoms. The van der Waals surface area contributed by atoms with E-state index in [-0.39, 0.29) is 6.42 Å². The summed E-state index contributed by atoms with van der Waals surface area (Å²) in [7, 11) is 0. The predicted molar refractivity (Wildman–Crippen MR) is 126 cm³/mol. The summed E-state index contributed by atoms with van der Waals surface area (Å²) in [5.41, 5.74) is 10.8. The normalized spacial score (nSPS) is 11.5. The second-order valence-corrected chi connectivity index (χ2v) is 8.44. The minimum absolute atomic E-state index is 0.0462. The van der Waals surface area contributed by atoms with Crippen LogP contribution in [-0.2, 0) is 38.4 Å². The first-order valence-corrected chi connectivity index (χ1v) is 10.9. The first-order chi connectivity index (χ1) is 15.7. The average Bonchev–Trinajstić information content (AvgIpc) is 2.69. The molecule has 0 rings (SSSR count). The van der Waals surface area contributed by atoms with E-state index in [1.807, 2.05) is 0 Å². The zero-order valence-electron chi connectivity index (χ0n) is 21.8. The maximum Gasteiger partial charge on any atom is 0.228 e. The van der Waals surface area contributed by atoms with Gasteiger partial charge in [-0.05, 0) is 60.9 Å². The molecule has 0 aromatic carbocycles. The zero-order valence-corrected chi connectivity index (χ0v) is 21.8. The van der Waals surface area contributed by atoms with Gasteiger partial charge in [-0.3, -0.25) is 44.1 Å². The molecule has 0 heterocycles.